The quantitative estimate of drug-likeness (QED) is 0.843. The van der Waals surface area contributed by atoms with Crippen LogP contribution in [0.1, 0.15) is 12.5 Å². The van der Waals surface area contributed by atoms with E-state index in [-0.39, 0.29) is 5.82 Å². The van der Waals surface area contributed by atoms with E-state index in [2.05, 4.69) is 15.7 Å². The molecule has 0 spiro atoms. The van der Waals surface area contributed by atoms with E-state index in [0.717, 1.165) is 12.1 Å². The van der Waals surface area contributed by atoms with Gasteiger partial charge in [-0.1, -0.05) is 6.07 Å². The number of anilines is 1. The molecular weight excluding hydrogens is 263 g/mol. The normalized spacial score (nSPS) is 10.2. The predicted octanol–water partition coefficient (Wildman–Crippen LogP) is 2.53. The Balaban J connectivity index is 1.84. The third-order valence-electron chi connectivity index (χ3n) is 2.55. The van der Waals surface area contributed by atoms with Gasteiger partial charge in [0.25, 0.3) is 0 Å². The lowest BCUT2D eigenvalue weighted by atomic mass is 10.3. The first-order valence-corrected chi connectivity index (χ1v) is 6.40. The zero-order chi connectivity index (χ0) is 13.7. The van der Waals surface area contributed by atoms with Gasteiger partial charge in [-0.05, 0) is 37.3 Å². The lowest BCUT2D eigenvalue weighted by Crippen LogP contribution is -2.27. The summed E-state index contributed by atoms with van der Waals surface area (Å²) in [6.07, 6.45) is 3.75. The fourth-order valence-corrected chi connectivity index (χ4v) is 1.78. The molecule has 1 heterocycles. The third-order valence-corrected chi connectivity index (χ3v) is 2.79. The Morgan fingerprint density at radius 1 is 1.47 bits per heavy atom. The molecule has 2 aromatic rings. The summed E-state index contributed by atoms with van der Waals surface area (Å²) in [6.45, 7) is 3.45. The summed E-state index contributed by atoms with van der Waals surface area (Å²) in [5.41, 5.74) is 1.67. The van der Waals surface area contributed by atoms with E-state index in [0.29, 0.717) is 17.3 Å². The molecule has 0 unspecified atom stereocenters. The number of benzene rings is 1. The Hall–Kier alpha value is -1.95. The zero-order valence-electron chi connectivity index (χ0n) is 10.6. The van der Waals surface area contributed by atoms with Crippen LogP contribution in [0.4, 0.5) is 10.1 Å². The highest BCUT2D eigenvalue weighted by Gasteiger charge is 2.01. The number of halogens is 1. The fraction of sp³-hybridized carbons (Fsp3) is 0.231. The number of hydrogen-bond donors (Lipinski definition) is 2. The van der Waals surface area contributed by atoms with Gasteiger partial charge in [-0.3, -0.25) is 4.68 Å². The highest BCUT2D eigenvalue weighted by molar-refractivity contribution is 7.80. The van der Waals surface area contributed by atoms with Gasteiger partial charge in [0.05, 0.1) is 6.20 Å². The maximum Gasteiger partial charge on any atom is 0.171 e. The molecule has 0 aliphatic rings. The van der Waals surface area contributed by atoms with Crippen LogP contribution < -0.4 is 10.6 Å². The van der Waals surface area contributed by atoms with Crippen molar-refractivity contribution in [2.45, 2.75) is 20.0 Å². The van der Waals surface area contributed by atoms with Crippen molar-refractivity contribution in [1.82, 2.24) is 15.1 Å². The lowest BCUT2D eigenvalue weighted by Gasteiger charge is -2.09. The van der Waals surface area contributed by atoms with Gasteiger partial charge >= 0.3 is 0 Å². The highest BCUT2D eigenvalue weighted by Crippen LogP contribution is 2.08. The van der Waals surface area contributed by atoms with Crippen LogP contribution in [0.5, 0.6) is 0 Å². The van der Waals surface area contributed by atoms with Gasteiger partial charge in [0.1, 0.15) is 5.82 Å². The van der Waals surface area contributed by atoms with E-state index < -0.39 is 0 Å². The van der Waals surface area contributed by atoms with Crippen molar-refractivity contribution in [1.29, 1.82) is 0 Å². The fourth-order valence-electron chi connectivity index (χ4n) is 1.59. The summed E-state index contributed by atoms with van der Waals surface area (Å²) in [4.78, 5) is 0. The Labute approximate surface area is 116 Å². The van der Waals surface area contributed by atoms with Crippen LogP contribution in [-0.4, -0.2) is 14.9 Å². The summed E-state index contributed by atoms with van der Waals surface area (Å²) in [5, 5.41) is 10.6. The van der Waals surface area contributed by atoms with E-state index in [1.165, 1.54) is 12.1 Å². The minimum atomic E-state index is -0.294. The maximum atomic E-state index is 13.0. The summed E-state index contributed by atoms with van der Waals surface area (Å²) in [6, 6.07) is 6.17. The summed E-state index contributed by atoms with van der Waals surface area (Å²) < 4.78 is 14.8. The van der Waals surface area contributed by atoms with Crippen molar-refractivity contribution >= 4 is 23.0 Å². The van der Waals surface area contributed by atoms with Crippen LogP contribution in [0.3, 0.4) is 0 Å². The SMILES string of the molecule is CCn1cc(CNC(=S)Nc2cccc(F)c2)cn1. The number of nitrogens with one attached hydrogen (secondary N) is 2. The van der Waals surface area contributed by atoms with E-state index in [4.69, 9.17) is 12.2 Å². The van der Waals surface area contributed by atoms with Gasteiger partial charge in [0.2, 0.25) is 0 Å². The van der Waals surface area contributed by atoms with E-state index in [9.17, 15) is 4.39 Å². The molecule has 2 N–H and O–H groups in total. The van der Waals surface area contributed by atoms with Crippen molar-refractivity contribution in [3.05, 3.63) is 48.0 Å². The second kappa shape index (κ2) is 6.29. The molecule has 4 nitrogen and oxygen atoms in total. The van der Waals surface area contributed by atoms with Crippen LogP contribution in [0.2, 0.25) is 0 Å². The molecule has 0 saturated carbocycles. The first-order valence-electron chi connectivity index (χ1n) is 5.99. The number of aryl methyl sites for hydroxylation is 1. The molecule has 100 valence electrons. The molecule has 1 aromatic carbocycles. The number of thiocarbonyl (C=S) groups is 1. The van der Waals surface area contributed by atoms with Crippen molar-refractivity contribution in [3.63, 3.8) is 0 Å². The van der Waals surface area contributed by atoms with Crippen LogP contribution >= 0.6 is 12.2 Å². The van der Waals surface area contributed by atoms with Gasteiger partial charge < -0.3 is 10.6 Å². The molecule has 1 aromatic heterocycles. The van der Waals surface area contributed by atoms with Gasteiger partial charge in [0, 0.05) is 30.5 Å². The zero-order valence-corrected chi connectivity index (χ0v) is 11.4. The van der Waals surface area contributed by atoms with Crippen molar-refractivity contribution in [3.8, 4) is 0 Å². The Morgan fingerprint density at radius 2 is 2.32 bits per heavy atom. The molecule has 0 bridgehead atoms. The first-order chi connectivity index (χ1) is 9.17. The second-order valence-corrected chi connectivity index (χ2v) is 4.43. The molecule has 0 amide bonds. The average Bonchev–Trinajstić information content (AvgIpc) is 2.84. The molecular formula is C13H15FN4S. The average molecular weight is 278 g/mol. The third kappa shape index (κ3) is 4.03. The van der Waals surface area contributed by atoms with Crippen LogP contribution in [0.15, 0.2) is 36.7 Å². The minimum absolute atomic E-state index is 0.294. The van der Waals surface area contributed by atoms with Crippen LogP contribution in [0.25, 0.3) is 0 Å². The lowest BCUT2D eigenvalue weighted by molar-refractivity contribution is 0.628. The Morgan fingerprint density at radius 3 is 3.00 bits per heavy atom. The van der Waals surface area contributed by atoms with Crippen LogP contribution in [0, 0.1) is 5.82 Å². The first kappa shape index (κ1) is 13.5. The molecule has 0 aliphatic carbocycles. The van der Waals surface area contributed by atoms with Gasteiger partial charge in [-0.2, -0.15) is 5.10 Å². The van der Waals surface area contributed by atoms with E-state index in [1.54, 1.807) is 18.3 Å². The second-order valence-electron chi connectivity index (χ2n) is 4.02. The number of rotatable bonds is 4. The monoisotopic (exact) mass is 278 g/mol. The molecule has 2 rings (SSSR count). The largest absolute Gasteiger partial charge is 0.358 e. The van der Waals surface area contributed by atoms with Gasteiger partial charge in [-0.25, -0.2) is 4.39 Å². The summed E-state index contributed by atoms with van der Waals surface area (Å²) >= 11 is 5.14. The van der Waals surface area contributed by atoms with Gasteiger partial charge in [-0.15, -0.1) is 0 Å². The number of aromatic nitrogens is 2. The molecule has 0 saturated heterocycles. The number of nitrogens with zero attached hydrogens (tertiary/aromatic N) is 2. The van der Waals surface area contributed by atoms with Crippen molar-refractivity contribution < 1.29 is 4.39 Å². The number of hydrogen-bond acceptors (Lipinski definition) is 2. The molecule has 0 fully saturated rings. The Bertz CT molecular complexity index is 567. The predicted molar refractivity (Wildman–Crippen MR) is 77.4 cm³/mol. The van der Waals surface area contributed by atoms with Crippen molar-refractivity contribution in [2.24, 2.45) is 0 Å². The topological polar surface area (TPSA) is 41.9 Å². The Kier molecular flexibility index (Phi) is 4.46. The van der Waals surface area contributed by atoms with Gasteiger partial charge in [0.15, 0.2) is 5.11 Å². The van der Waals surface area contributed by atoms with Crippen LogP contribution in [-0.2, 0) is 13.1 Å². The molecule has 0 aliphatic heterocycles. The summed E-state index contributed by atoms with van der Waals surface area (Å²) in [7, 11) is 0. The highest BCUT2D eigenvalue weighted by atomic mass is 32.1. The van der Waals surface area contributed by atoms with E-state index >= 15 is 0 Å². The molecule has 0 radical (unpaired) electrons. The molecule has 0 atom stereocenters. The molecule has 19 heavy (non-hydrogen) atoms. The smallest absolute Gasteiger partial charge is 0.171 e. The van der Waals surface area contributed by atoms with E-state index in [1.807, 2.05) is 17.8 Å². The summed E-state index contributed by atoms with van der Waals surface area (Å²) in [5.74, 6) is -0.294. The standard InChI is InChI=1S/C13H15FN4S/c1-2-18-9-10(8-16-18)7-15-13(19)17-12-5-3-4-11(14)6-12/h3-6,8-9H,2,7H2,1H3,(H2,15,17,19). The molecule has 6 heteroatoms. The van der Waals surface area contributed by atoms with Crippen molar-refractivity contribution in [2.75, 3.05) is 5.32 Å². The minimum Gasteiger partial charge on any atom is -0.358 e. The maximum absolute atomic E-state index is 13.0.